The number of carboxylic acids is 1. The molecule has 0 aromatic heterocycles. The van der Waals surface area contributed by atoms with Crippen molar-refractivity contribution in [1.29, 1.82) is 0 Å². The van der Waals surface area contributed by atoms with E-state index in [1.165, 1.54) is 4.90 Å². The van der Waals surface area contributed by atoms with Crippen molar-refractivity contribution in [2.24, 2.45) is 0 Å². The standard InChI is InChI=1S/C9H11NO3/c1-5-3-9(2)4-6(11)10(9)7(5)8(12)13/h3-4H2,1-2H3,(H,12,13)/t9-/m1/s1. The van der Waals surface area contributed by atoms with Gasteiger partial charge in [-0.15, -0.1) is 0 Å². The normalized spacial score (nSPS) is 31.8. The highest BCUT2D eigenvalue weighted by atomic mass is 16.4. The quantitative estimate of drug-likeness (QED) is 0.607. The second-order valence-corrected chi connectivity index (χ2v) is 4.01. The number of carboxylic acid groups (broad SMARTS) is 1. The predicted molar refractivity (Wildman–Crippen MR) is 44.8 cm³/mol. The summed E-state index contributed by atoms with van der Waals surface area (Å²) in [5.41, 5.74) is 0.758. The van der Waals surface area contributed by atoms with Crippen LogP contribution in [0.2, 0.25) is 0 Å². The van der Waals surface area contributed by atoms with Gasteiger partial charge in [0, 0.05) is 0 Å². The van der Waals surface area contributed by atoms with Crippen molar-refractivity contribution in [3.05, 3.63) is 11.3 Å². The van der Waals surface area contributed by atoms with Crippen LogP contribution in [0.25, 0.3) is 0 Å². The van der Waals surface area contributed by atoms with Crippen LogP contribution in [0.4, 0.5) is 0 Å². The molecule has 0 aromatic rings. The summed E-state index contributed by atoms with van der Waals surface area (Å²) in [6.07, 6.45) is 1.17. The first-order chi connectivity index (χ1) is 5.96. The Labute approximate surface area is 75.8 Å². The molecule has 4 nitrogen and oxygen atoms in total. The van der Waals surface area contributed by atoms with E-state index in [-0.39, 0.29) is 17.1 Å². The number of rotatable bonds is 1. The number of nitrogens with zero attached hydrogens (tertiary/aromatic N) is 1. The zero-order valence-electron chi connectivity index (χ0n) is 7.63. The van der Waals surface area contributed by atoms with Crippen molar-refractivity contribution in [3.8, 4) is 0 Å². The molecule has 0 spiro atoms. The Kier molecular flexibility index (Phi) is 1.36. The van der Waals surface area contributed by atoms with Gasteiger partial charge >= 0.3 is 5.97 Å². The first kappa shape index (κ1) is 8.29. The highest BCUT2D eigenvalue weighted by molar-refractivity contribution is 5.99. The zero-order valence-corrected chi connectivity index (χ0v) is 7.63. The maximum absolute atomic E-state index is 11.2. The molecule has 2 rings (SSSR count). The van der Waals surface area contributed by atoms with Gasteiger partial charge in [0.15, 0.2) is 0 Å². The van der Waals surface area contributed by atoms with Crippen molar-refractivity contribution in [2.75, 3.05) is 0 Å². The summed E-state index contributed by atoms with van der Waals surface area (Å²) >= 11 is 0. The third-order valence-corrected chi connectivity index (χ3v) is 2.80. The maximum atomic E-state index is 11.2. The third-order valence-electron chi connectivity index (χ3n) is 2.80. The molecule has 4 heteroatoms. The Bertz CT molecular complexity index is 345. The SMILES string of the molecule is CC1=C(C(=O)O)N2C(=O)C[C@@]2(C)C1. The predicted octanol–water partition coefficient (Wildman–Crippen LogP) is 0.740. The number of carbonyl (C=O) groups excluding carboxylic acids is 1. The Morgan fingerprint density at radius 1 is 1.54 bits per heavy atom. The van der Waals surface area contributed by atoms with E-state index >= 15 is 0 Å². The Morgan fingerprint density at radius 3 is 2.54 bits per heavy atom. The number of β-lactam (4-membered cyclic amide) rings is 1. The molecule has 1 atom stereocenters. The lowest BCUT2D eigenvalue weighted by Gasteiger charge is -2.45. The molecule has 70 valence electrons. The molecule has 2 aliphatic heterocycles. The fourth-order valence-corrected chi connectivity index (χ4v) is 2.35. The largest absolute Gasteiger partial charge is 0.477 e. The number of aliphatic carboxylic acids is 1. The van der Waals surface area contributed by atoms with Crippen LogP contribution in [-0.2, 0) is 9.59 Å². The molecule has 0 bridgehead atoms. The second-order valence-electron chi connectivity index (χ2n) is 4.01. The minimum Gasteiger partial charge on any atom is -0.477 e. The molecule has 1 fully saturated rings. The summed E-state index contributed by atoms with van der Waals surface area (Å²) < 4.78 is 0. The van der Waals surface area contributed by atoms with Crippen LogP contribution in [-0.4, -0.2) is 27.4 Å². The van der Waals surface area contributed by atoms with Crippen molar-refractivity contribution < 1.29 is 14.7 Å². The summed E-state index contributed by atoms with van der Waals surface area (Å²) in [6, 6.07) is 0. The number of amides is 1. The summed E-state index contributed by atoms with van der Waals surface area (Å²) in [5.74, 6) is -1.06. The van der Waals surface area contributed by atoms with Gasteiger partial charge in [-0.25, -0.2) is 4.79 Å². The van der Waals surface area contributed by atoms with Crippen LogP contribution < -0.4 is 0 Å². The number of fused-ring (bicyclic) bond motifs is 1. The monoisotopic (exact) mass is 181 g/mol. The highest BCUT2D eigenvalue weighted by Crippen LogP contribution is 2.46. The molecule has 0 unspecified atom stereocenters. The third kappa shape index (κ3) is 0.855. The molecule has 0 radical (unpaired) electrons. The van der Waals surface area contributed by atoms with Crippen molar-refractivity contribution in [2.45, 2.75) is 32.2 Å². The maximum Gasteiger partial charge on any atom is 0.352 e. The minimum atomic E-state index is -0.991. The van der Waals surface area contributed by atoms with E-state index in [0.29, 0.717) is 12.8 Å². The van der Waals surface area contributed by atoms with Crippen molar-refractivity contribution >= 4 is 11.9 Å². The molecule has 0 saturated carbocycles. The van der Waals surface area contributed by atoms with Gasteiger partial charge in [-0.3, -0.25) is 9.69 Å². The Hall–Kier alpha value is -1.32. The van der Waals surface area contributed by atoms with Crippen LogP contribution in [0.5, 0.6) is 0 Å². The smallest absolute Gasteiger partial charge is 0.352 e. The zero-order chi connectivity index (χ0) is 9.80. The van der Waals surface area contributed by atoms with E-state index in [9.17, 15) is 9.59 Å². The average Bonchev–Trinajstić information content (AvgIpc) is 2.17. The van der Waals surface area contributed by atoms with Gasteiger partial charge in [-0.1, -0.05) is 0 Å². The molecule has 1 saturated heterocycles. The van der Waals surface area contributed by atoms with Crippen molar-refractivity contribution in [1.82, 2.24) is 4.90 Å². The highest BCUT2D eigenvalue weighted by Gasteiger charge is 2.55. The Morgan fingerprint density at radius 2 is 2.15 bits per heavy atom. The lowest BCUT2D eigenvalue weighted by Crippen LogP contribution is -2.58. The number of carbonyl (C=O) groups is 2. The molecular weight excluding hydrogens is 170 g/mol. The first-order valence-electron chi connectivity index (χ1n) is 4.22. The molecule has 1 N–H and O–H groups in total. The fraction of sp³-hybridized carbons (Fsp3) is 0.556. The lowest BCUT2D eigenvalue weighted by molar-refractivity contribution is -0.153. The van der Waals surface area contributed by atoms with E-state index < -0.39 is 5.97 Å². The van der Waals surface area contributed by atoms with Gasteiger partial charge < -0.3 is 5.11 Å². The van der Waals surface area contributed by atoms with Crippen LogP contribution in [0.1, 0.15) is 26.7 Å². The van der Waals surface area contributed by atoms with Crippen LogP contribution in [0.3, 0.4) is 0 Å². The summed E-state index contributed by atoms with van der Waals surface area (Å²) in [6.45, 7) is 3.70. The van der Waals surface area contributed by atoms with E-state index in [1.807, 2.05) is 6.92 Å². The van der Waals surface area contributed by atoms with Gasteiger partial charge in [0.05, 0.1) is 12.0 Å². The molecule has 2 heterocycles. The van der Waals surface area contributed by atoms with Gasteiger partial charge in [-0.2, -0.15) is 0 Å². The second kappa shape index (κ2) is 2.13. The van der Waals surface area contributed by atoms with E-state index in [2.05, 4.69) is 0 Å². The van der Waals surface area contributed by atoms with Crippen molar-refractivity contribution in [3.63, 3.8) is 0 Å². The molecule has 0 aromatic carbocycles. The Balaban J connectivity index is 2.41. The number of hydrogen-bond donors (Lipinski definition) is 1. The number of hydrogen-bond acceptors (Lipinski definition) is 2. The van der Waals surface area contributed by atoms with Gasteiger partial charge in [0.25, 0.3) is 0 Å². The molecule has 1 amide bonds. The lowest BCUT2D eigenvalue weighted by atomic mass is 9.85. The van der Waals surface area contributed by atoms with E-state index in [1.54, 1.807) is 6.92 Å². The van der Waals surface area contributed by atoms with Gasteiger partial charge in [0.1, 0.15) is 5.70 Å². The van der Waals surface area contributed by atoms with Crippen LogP contribution >= 0.6 is 0 Å². The van der Waals surface area contributed by atoms with Gasteiger partial charge in [0.2, 0.25) is 5.91 Å². The van der Waals surface area contributed by atoms with Crippen LogP contribution in [0.15, 0.2) is 11.3 Å². The molecule has 0 aliphatic carbocycles. The molecule has 13 heavy (non-hydrogen) atoms. The van der Waals surface area contributed by atoms with E-state index in [0.717, 1.165) is 5.57 Å². The first-order valence-corrected chi connectivity index (χ1v) is 4.22. The summed E-state index contributed by atoms with van der Waals surface area (Å²) in [7, 11) is 0. The van der Waals surface area contributed by atoms with E-state index in [4.69, 9.17) is 5.11 Å². The average molecular weight is 181 g/mol. The van der Waals surface area contributed by atoms with Crippen LogP contribution in [0, 0.1) is 0 Å². The minimum absolute atomic E-state index is 0.0725. The molecule has 2 aliphatic rings. The summed E-state index contributed by atoms with van der Waals surface area (Å²) in [4.78, 5) is 23.5. The van der Waals surface area contributed by atoms with Gasteiger partial charge in [-0.05, 0) is 25.8 Å². The molecular formula is C9H11NO3. The summed E-state index contributed by atoms with van der Waals surface area (Å²) in [5, 5.41) is 8.89. The topological polar surface area (TPSA) is 57.6 Å². The fourth-order valence-electron chi connectivity index (χ4n) is 2.35.